The lowest BCUT2D eigenvalue weighted by Crippen LogP contribution is -2.54. The molecule has 1 aliphatic carbocycles. The molecule has 0 aliphatic heterocycles. The number of aliphatic carboxylic acids is 1. The highest BCUT2D eigenvalue weighted by Crippen LogP contribution is 2.39. The van der Waals surface area contributed by atoms with E-state index < -0.39 is 65.4 Å². The summed E-state index contributed by atoms with van der Waals surface area (Å²) in [6.07, 6.45) is 1.78. The number of aliphatic hydroxyl groups is 2. The van der Waals surface area contributed by atoms with Gasteiger partial charge >= 0.3 is 5.97 Å². The fourth-order valence-corrected chi connectivity index (χ4v) is 3.94. The van der Waals surface area contributed by atoms with Crippen molar-refractivity contribution in [2.45, 2.75) is 24.5 Å². The number of benzene rings is 2. The second-order valence-electron chi connectivity index (χ2n) is 8.42. The minimum Gasteiger partial charge on any atom is -0.504 e. The number of carbonyl (C=O) groups is 3. The second kappa shape index (κ2) is 10.00. The van der Waals surface area contributed by atoms with E-state index in [2.05, 4.69) is 0 Å². The van der Waals surface area contributed by atoms with Gasteiger partial charge < -0.3 is 35.7 Å². The Balaban J connectivity index is 1.84. The second-order valence-corrected chi connectivity index (χ2v) is 8.42. The third-order valence-corrected chi connectivity index (χ3v) is 5.95. The first kappa shape index (κ1) is 25.5. The number of aliphatic hydroxyl groups excluding tert-OH is 1. The summed E-state index contributed by atoms with van der Waals surface area (Å²) in [5, 5.41) is 68.8. The van der Waals surface area contributed by atoms with E-state index in [0.717, 1.165) is 12.2 Å². The third-order valence-electron chi connectivity index (χ3n) is 5.95. The summed E-state index contributed by atoms with van der Waals surface area (Å²) in [4.78, 5) is 37.4. The summed E-state index contributed by atoms with van der Waals surface area (Å²) >= 11 is 0. The fourth-order valence-electron chi connectivity index (χ4n) is 3.94. The van der Waals surface area contributed by atoms with Gasteiger partial charge in [-0.25, -0.2) is 4.79 Å². The van der Waals surface area contributed by atoms with Crippen LogP contribution in [-0.2, 0) is 14.4 Å². The van der Waals surface area contributed by atoms with E-state index >= 15 is 0 Å². The Morgan fingerprint density at radius 2 is 1.14 bits per heavy atom. The van der Waals surface area contributed by atoms with Gasteiger partial charge in [0, 0.05) is 0 Å². The molecule has 35 heavy (non-hydrogen) atoms. The van der Waals surface area contributed by atoms with Crippen LogP contribution < -0.4 is 0 Å². The molecule has 2 atom stereocenters. The van der Waals surface area contributed by atoms with Gasteiger partial charge in [-0.05, 0) is 60.4 Å². The Kier molecular flexibility index (Phi) is 7.28. The van der Waals surface area contributed by atoms with Crippen LogP contribution in [0.25, 0.3) is 12.2 Å². The zero-order valence-electron chi connectivity index (χ0n) is 18.3. The summed E-state index contributed by atoms with van der Waals surface area (Å²) in [6, 6.07) is 7.58. The van der Waals surface area contributed by atoms with Crippen LogP contribution >= 0.6 is 0 Å². The number of carboxylic acids is 1. The summed E-state index contributed by atoms with van der Waals surface area (Å²) < 4.78 is 0. The van der Waals surface area contributed by atoms with Crippen molar-refractivity contribution in [1.29, 1.82) is 0 Å². The number of allylic oxidation sites excluding steroid dienone is 2. The van der Waals surface area contributed by atoms with Crippen molar-refractivity contribution in [2.75, 3.05) is 0 Å². The zero-order valence-corrected chi connectivity index (χ0v) is 18.3. The Morgan fingerprint density at radius 1 is 0.743 bits per heavy atom. The summed E-state index contributed by atoms with van der Waals surface area (Å²) in [6.45, 7) is 0. The molecule has 0 unspecified atom stereocenters. The molecule has 3 rings (SSSR count). The molecule has 0 amide bonds. The normalized spacial score (nSPS) is 24.6. The lowest BCUT2D eigenvalue weighted by Gasteiger charge is -2.40. The van der Waals surface area contributed by atoms with Crippen LogP contribution in [-0.4, -0.2) is 65.0 Å². The van der Waals surface area contributed by atoms with E-state index in [-0.39, 0.29) is 11.5 Å². The topological polar surface area (TPSA) is 193 Å². The number of phenols is 4. The predicted molar refractivity (Wildman–Crippen MR) is 122 cm³/mol. The highest BCUT2D eigenvalue weighted by atomic mass is 16.4. The molecule has 0 radical (unpaired) electrons. The average molecular weight is 484 g/mol. The molecule has 1 fully saturated rings. The van der Waals surface area contributed by atoms with Crippen LogP contribution in [0, 0.1) is 11.8 Å². The van der Waals surface area contributed by atoms with Gasteiger partial charge in [0.25, 0.3) is 0 Å². The lowest BCUT2D eigenvalue weighted by atomic mass is 9.67. The Morgan fingerprint density at radius 3 is 1.49 bits per heavy atom. The molecule has 0 saturated heterocycles. The molecule has 0 bridgehead atoms. The number of ketones is 2. The molecule has 184 valence electrons. The number of aromatic hydroxyl groups is 4. The maximum atomic E-state index is 12.8. The van der Waals surface area contributed by atoms with Gasteiger partial charge in [0.2, 0.25) is 0 Å². The molecular weight excluding hydrogens is 460 g/mol. The Bertz CT molecular complexity index is 1130. The van der Waals surface area contributed by atoms with Crippen molar-refractivity contribution in [1.82, 2.24) is 0 Å². The van der Waals surface area contributed by atoms with Gasteiger partial charge in [0.15, 0.2) is 40.2 Å². The molecule has 0 spiro atoms. The highest BCUT2D eigenvalue weighted by molar-refractivity contribution is 6.00. The van der Waals surface area contributed by atoms with Crippen LogP contribution in [0.4, 0.5) is 0 Å². The number of hydrogen-bond acceptors (Lipinski definition) is 9. The highest BCUT2D eigenvalue weighted by Gasteiger charge is 2.52. The minimum atomic E-state index is -2.44. The molecular formula is C25H24O10. The molecule has 1 saturated carbocycles. The lowest BCUT2D eigenvalue weighted by molar-refractivity contribution is -0.174. The summed E-state index contributed by atoms with van der Waals surface area (Å²) in [5.74, 6) is -7.50. The maximum absolute atomic E-state index is 12.8. The van der Waals surface area contributed by atoms with Gasteiger partial charge in [-0.2, -0.15) is 0 Å². The minimum absolute atomic E-state index is 0.333. The Labute approximate surface area is 199 Å². The van der Waals surface area contributed by atoms with Crippen molar-refractivity contribution in [3.8, 4) is 23.0 Å². The van der Waals surface area contributed by atoms with Crippen molar-refractivity contribution < 1.29 is 50.1 Å². The van der Waals surface area contributed by atoms with Crippen molar-refractivity contribution in [3.63, 3.8) is 0 Å². The number of hydrogen-bond donors (Lipinski definition) is 7. The van der Waals surface area contributed by atoms with Crippen molar-refractivity contribution >= 4 is 29.7 Å². The van der Waals surface area contributed by atoms with Crippen molar-refractivity contribution in [3.05, 3.63) is 59.7 Å². The molecule has 2 aromatic carbocycles. The van der Waals surface area contributed by atoms with E-state index in [0.29, 0.717) is 11.1 Å². The summed E-state index contributed by atoms with van der Waals surface area (Å²) in [5.41, 5.74) is -1.77. The van der Waals surface area contributed by atoms with Crippen LogP contribution in [0.5, 0.6) is 23.0 Å². The van der Waals surface area contributed by atoms with E-state index in [1.165, 1.54) is 48.6 Å². The first-order valence-electron chi connectivity index (χ1n) is 10.5. The fraction of sp³-hybridized carbons (Fsp3) is 0.240. The molecule has 2 aromatic rings. The molecule has 10 nitrogen and oxygen atoms in total. The van der Waals surface area contributed by atoms with E-state index in [1.54, 1.807) is 0 Å². The first-order valence-corrected chi connectivity index (χ1v) is 10.5. The van der Waals surface area contributed by atoms with Gasteiger partial charge in [-0.3, -0.25) is 9.59 Å². The Hall–Kier alpha value is -4.15. The third kappa shape index (κ3) is 5.68. The number of phenolic OH excluding ortho intramolecular Hbond substituents is 4. The maximum Gasteiger partial charge on any atom is 0.335 e. The summed E-state index contributed by atoms with van der Waals surface area (Å²) in [7, 11) is 0. The molecule has 7 N–H and O–H groups in total. The molecule has 10 heteroatoms. The molecule has 0 aromatic heterocycles. The monoisotopic (exact) mass is 484 g/mol. The van der Waals surface area contributed by atoms with Crippen LogP contribution in [0.1, 0.15) is 24.0 Å². The van der Waals surface area contributed by atoms with E-state index in [4.69, 9.17) is 0 Å². The largest absolute Gasteiger partial charge is 0.504 e. The number of rotatable bonds is 7. The first-order chi connectivity index (χ1) is 16.4. The SMILES string of the molecule is O=C(/C=C/c1ccc(O)c(O)c1)[C@H]1CC(O)(C(=O)O)C[C@H](C(=O)/C=C/c2ccc(O)c(O)c2)C1O. The van der Waals surface area contributed by atoms with Gasteiger partial charge in [-0.1, -0.05) is 24.3 Å². The quantitative estimate of drug-likeness (QED) is 0.224. The average Bonchev–Trinajstić information content (AvgIpc) is 2.81. The zero-order chi connectivity index (χ0) is 25.9. The van der Waals surface area contributed by atoms with Gasteiger partial charge in [0.05, 0.1) is 17.9 Å². The van der Waals surface area contributed by atoms with Gasteiger partial charge in [0.1, 0.15) is 0 Å². The van der Waals surface area contributed by atoms with Crippen molar-refractivity contribution in [2.24, 2.45) is 11.8 Å². The number of carboxylic acid groups (broad SMARTS) is 1. The smallest absolute Gasteiger partial charge is 0.335 e. The molecule has 1 aliphatic rings. The van der Waals surface area contributed by atoms with Crippen LogP contribution in [0.2, 0.25) is 0 Å². The number of carbonyl (C=O) groups excluding carboxylic acids is 2. The standard InChI is InChI=1S/C25H24O10/c26-17(5-1-13-3-7-19(28)21(30)9-13)15-11-25(35,24(33)34)12-16(23(15)32)18(27)6-2-14-4-8-20(29)22(31)10-14/h1-10,15-16,23,28-32,35H,11-12H2,(H,33,34)/b5-1+,6-2+/t15-,16-,23?,25?/m1/s1. The van der Waals surface area contributed by atoms with E-state index in [1.807, 2.05) is 0 Å². The van der Waals surface area contributed by atoms with Gasteiger partial charge in [-0.15, -0.1) is 0 Å². The predicted octanol–water partition coefficient (Wildman–Crippen LogP) is 1.58. The van der Waals surface area contributed by atoms with E-state index in [9.17, 15) is 50.1 Å². The van der Waals surface area contributed by atoms with Crippen LogP contribution in [0.15, 0.2) is 48.6 Å². The molecule has 0 heterocycles. The van der Waals surface area contributed by atoms with Crippen LogP contribution in [0.3, 0.4) is 0 Å².